The number of ether oxygens (including phenoxy) is 2. The molecule has 3 N–H and O–H groups in total. The first-order chi connectivity index (χ1) is 10.2. The molecule has 1 aromatic carbocycles. The third-order valence-electron chi connectivity index (χ3n) is 2.92. The molecule has 1 aliphatic heterocycles. The lowest BCUT2D eigenvalue weighted by atomic mass is 10.1. The Morgan fingerprint density at radius 3 is 3.14 bits per heavy atom. The maximum absolute atomic E-state index is 11.5. The quantitative estimate of drug-likeness (QED) is 0.609. The number of carbonyl (C=O) groups is 2. The molecule has 0 fully saturated rings. The molecule has 1 aliphatic rings. The van der Waals surface area contributed by atoms with E-state index in [0.717, 1.165) is 5.56 Å². The molecule has 0 aliphatic carbocycles. The molecular weight excluding hydrogens is 274 g/mol. The second-order valence-corrected chi connectivity index (χ2v) is 4.61. The summed E-state index contributed by atoms with van der Waals surface area (Å²) in [7, 11) is 1.59. The normalized spacial score (nSPS) is 13.1. The van der Waals surface area contributed by atoms with E-state index in [-0.39, 0.29) is 25.0 Å². The molecular formula is C14H19N3O4. The second kappa shape index (κ2) is 7.61. The van der Waals surface area contributed by atoms with E-state index in [2.05, 4.69) is 16.0 Å². The second-order valence-electron chi connectivity index (χ2n) is 4.61. The highest BCUT2D eigenvalue weighted by atomic mass is 16.5. The highest BCUT2D eigenvalue weighted by Gasteiger charge is 2.15. The number of nitrogens with one attached hydrogen (secondary N) is 3. The fourth-order valence-corrected chi connectivity index (χ4v) is 1.92. The van der Waals surface area contributed by atoms with E-state index in [9.17, 15) is 9.59 Å². The van der Waals surface area contributed by atoms with Gasteiger partial charge in [0, 0.05) is 20.2 Å². The zero-order valence-electron chi connectivity index (χ0n) is 11.9. The highest BCUT2D eigenvalue weighted by molar-refractivity contribution is 5.95. The fourth-order valence-electron chi connectivity index (χ4n) is 1.92. The lowest BCUT2D eigenvalue weighted by Gasteiger charge is -2.18. The van der Waals surface area contributed by atoms with Crippen molar-refractivity contribution in [2.75, 3.05) is 38.7 Å². The van der Waals surface area contributed by atoms with Gasteiger partial charge in [0.25, 0.3) is 5.91 Å². The number of benzene rings is 1. The molecule has 0 spiro atoms. The molecule has 7 nitrogen and oxygen atoms in total. The molecule has 0 saturated carbocycles. The Labute approximate surface area is 123 Å². The van der Waals surface area contributed by atoms with Crippen molar-refractivity contribution in [3.05, 3.63) is 23.8 Å². The summed E-state index contributed by atoms with van der Waals surface area (Å²) < 4.78 is 10.1. The zero-order valence-corrected chi connectivity index (χ0v) is 11.9. The van der Waals surface area contributed by atoms with Crippen LogP contribution in [-0.2, 0) is 20.9 Å². The van der Waals surface area contributed by atoms with Crippen LogP contribution in [0.3, 0.4) is 0 Å². The van der Waals surface area contributed by atoms with Gasteiger partial charge in [-0.25, -0.2) is 0 Å². The van der Waals surface area contributed by atoms with Crippen LogP contribution in [0.25, 0.3) is 0 Å². The monoisotopic (exact) mass is 293 g/mol. The summed E-state index contributed by atoms with van der Waals surface area (Å²) in [5.41, 5.74) is 1.62. The molecule has 7 heteroatoms. The topological polar surface area (TPSA) is 88.7 Å². The summed E-state index contributed by atoms with van der Waals surface area (Å²) in [5.74, 6) is 0.419. The number of rotatable bonds is 7. The van der Waals surface area contributed by atoms with Crippen LogP contribution in [0.1, 0.15) is 5.56 Å². The van der Waals surface area contributed by atoms with Gasteiger partial charge in [-0.2, -0.15) is 0 Å². The van der Waals surface area contributed by atoms with Crippen molar-refractivity contribution >= 4 is 17.5 Å². The van der Waals surface area contributed by atoms with E-state index in [4.69, 9.17) is 9.47 Å². The molecule has 0 atom stereocenters. The van der Waals surface area contributed by atoms with Crippen molar-refractivity contribution < 1.29 is 19.1 Å². The van der Waals surface area contributed by atoms with E-state index in [1.54, 1.807) is 7.11 Å². The van der Waals surface area contributed by atoms with Crippen molar-refractivity contribution in [1.82, 2.24) is 10.6 Å². The average Bonchev–Trinajstić information content (AvgIpc) is 2.47. The number of amides is 2. The standard InChI is InChI=1S/C14H19N3O4/c1-20-5-4-16-13(18)8-15-7-10-2-3-12-11(6-10)17-14(19)9-21-12/h2-3,6,15H,4-5,7-9H2,1H3,(H,16,18)(H,17,19). The first-order valence-electron chi connectivity index (χ1n) is 6.71. The first kappa shape index (κ1) is 15.3. The Kier molecular flexibility index (Phi) is 5.53. The van der Waals surface area contributed by atoms with E-state index in [1.807, 2.05) is 18.2 Å². The van der Waals surface area contributed by atoms with Crippen molar-refractivity contribution in [1.29, 1.82) is 0 Å². The van der Waals surface area contributed by atoms with Gasteiger partial charge in [-0.3, -0.25) is 9.59 Å². The minimum Gasteiger partial charge on any atom is -0.482 e. The summed E-state index contributed by atoms with van der Waals surface area (Å²) in [6.45, 7) is 1.80. The summed E-state index contributed by atoms with van der Waals surface area (Å²) in [6, 6.07) is 5.54. The number of hydrogen-bond donors (Lipinski definition) is 3. The maximum Gasteiger partial charge on any atom is 0.262 e. The van der Waals surface area contributed by atoms with Gasteiger partial charge < -0.3 is 25.4 Å². The van der Waals surface area contributed by atoms with E-state index >= 15 is 0 Å². The maximum atomic E-state index is 11.5. The summed E-state index contributed by atoms with van der Waals surface area (Å²) >= 11 is 0. The van der Waals surface area contributed by atoms with Crippen LogP contribution in [-0.4, -0.2) is 45.2 Å². The lowest BCUT2D eigenvalue weighted by Crippen LogP contribution is -2.35. The number of fused-ring (bicyclic) bond motifs is 1. The fraction of sp³-hybridized carbons (Fsp3) is 0.429. The van der Waals surface area contributed by atoms with Crippen molar-refractivity contribution in [3.63, 3.8) is 0 Å². The third kappa shape index (κ3) is 4.73. The number of carbonyl (C=O) groups excluding carboxylic acids is 2. The Balaban J connectivity index is 1.77. The third-order valence-corrected chi connectivity index (χ3v) is 2.92. The number of methoxy groups -OCH3 is 1. The zero-order chi connectivity index (χ0) is 15.1. The Hall–Kier alpha value is -2.12. The Bertz CT molecular complexity index is 519. The largest absolute Gasteiger partial charge is 0.482 e. The summed E-state index contributed by atoms with van der Waals surface area (Å²) in [5, 5.41) is 8.51. The molecule has 1 aromatic rings. The average molecular weight is 293 g/mol. The van der Waals surface area contributed by atoms with E-state index in [1.165, 1.54) is 0 Å². The van der Waals surface area contributed by atoms with Crippen LogP contribution < -0.4 is 20.7 Å². The minimum atomic E-state index is -0.162. The van der Waals surface area contributed by atoms with Gasteiger partial charge in [-0.05, 0) is 17.7 Å². The molecule has 0 unspecified atom stereocenters. The van der Waals surface area contributed by atoms with Crippen LogP contribution >= 0.6 is 0 Å². The smallest absolute Gasteiger partial charge is 0.262 e. The Morgan fingerprint density at radius 1 is 1.48 bits per heavy atom. The number of hydrogen-bond acceptors (Lipinski definition) is 5. The van der Waals surface area contributed by atoms with Crippen LogP contribution in [0, 0.1) is 0 Å². The number of anilines is 1. The molecule has 0 bridgehead atoms. The van der Waals surface area contributed by atoms with E-state index < -0.39 is 0 Å². The van der Waals surface area contributed by atoms with Crippen molar-refractivity contribution in [2.45, 2.75) is 6.54 Å². The van der Waals surface area contributed by atoms with Gasteiger partial charge in [0.05, 0.1) is 18.8 Å². The molecule has 2 rings (SSSR count). The van der Waals surface area contributed by atoms with Crippen molar-refractivity contribution in [3.8, 4) is 5.75 Å². The molecule has 0 radical (unpaired) electrons. The molecule has 2 amide bonds. The summed E-state index contributed by atoms with van der Waals surface area (Å²) in [6.07, 6.45) is 0. The predicted molar refractivity (Wildman–Crippen MR) is 77.2 cm³/mol. The van der Waals surface area contributed by atoms with E-state index in [0.29, 0.717) is 31.1 Å². The minimum absolute atomic E-state index is 0.0479. The van der Waals surface area contributed by atoms with Gasteiger partial charge >= 0.3 is 0 Å². The highest BCUT2D eigenvalue weighted by Crippen LogP contribution is 2.28. The SMILES string of the molecule is COCCNC(=O)CNCc1ccc2c(c1)NC(=O)CO2. The van der Waals surface area contributed by atoms with Crippen LogP contribution in [0.5, 0.6) is 5.75 Å². The van der Waals surface area contributed by atoms with Gasteiger partial charge in [-0.15, -0.1) is 0 Å². The molecule has 1 heterocycles. The molecule has 21 heavy (non-hydrogen) atoms. The van der Waals surface area contributed by atoms with Gasteiger partial charge in [0.15, 0.2) is 6.61 Å². The van der Waals surface area contributed by atoms with Crippen LogP contribution in [0.4, 0.5) is 5.69 Å². The predicted octanol–water partition coefficient (Wildman–Crippen LogP) is -0.130. The van der Waals surface area contributed by atoms with Crippen LogP contribution in [0.2, 0.25) is 0 Å². The van der Waals surface area contributed by atoms with Gasteiger partial charge in [-0.1, -0.05) is 6.07 Å². The molecule has 0 saturated heterocycles. The van der Waals surface area contributed by atoms with Crippen molar-refractivity contribution in [2.24, 2.45) is 0 Å². The summed E-state index contributed by atoms with van der Waals surface area (Å²) in [4.78, 5) is 22.7. The lowest BCUT2D eigenvalue weighted by molar-refractivity contribution is -0.120. The Morgan fingerprint density at radius 2 is 2.33 bits per heavy atom. The van der Waals surface area contributed by atoms with Gasteiger partial charge in [0.2, 0.25) is 5.91 Å². The first-order valence-corrected chi connectivity index (χ1v) is 6.71. The molecule has 0 aromatic heterocycles. The van der Waals surface area contributed by atoms with Gasteiger partial charge in [0.1, 0.15) is 5.75 Å². The molecule has 114 valence electrons. The van der Waals surface area contributed by atoms with Crippen LogP contribution in [0.15, 0.2) is 18.2 Å².